The van der Waals surface area contributed by atoms with Crippen molar-refractivity contribution in [3.8, 4) is 0 Å². The Morgan fingerprint density at radius 1 is 1.03 bits per heavy atom. The van der Waals surface area contributed by atoms with Crippen LogP contribution in [0.2, 0.25) is 0 Å². The summed E-state index contributed by atoms with van der Waals surface area (Å²) in [7, 11) is 0. The van der Waals surface area contributed by atoms with Crippen LogP contribution in [0.15, 0.2) is 36.8 Å². The van der Waals surface area contributed by atoms with E-state index in [1.54, 1.807) is 17.3 Å². The van der Waals surface area contributed by atoms with Crippen molar-refractivity contribution < 1.29 is 9.59 Å². The first-order valence-corrected chi connectivity index (χ1v) is 10.3. The SMILES string of the molecule is CCCCCCN(CCC(=O)NCCc1ccccn1)C(=O)c1cnc(C)cn1. The number of carbonyl (C=O) groups is 2. The first-order chi connectivity index (χ1) is 14.1. The Kier molecular flexibility index (Phi) is 9.75. The lowest BCUT2D eigenvalue weighted by molar-refractivity contribution is -0.121. The van der Waals surface area contributed by atoms with Gasteiger partial charge in [0, 0.05) is 50.6 Å². The summed E-state index contributed by atoms with van der Waals surface area (Å²) in [5.41, 5.74) is 2.03. The van der Waals surface area contributed by atoms with Crippen molar-refractivity contribution in [1.82, 2.24) is 25.2 Å². The van der Waals surface area contributed by atoms with Crippen LogP contribution < -0.4 is 5.32 Å². The van der Waals surface area contributed by atoms with Crippen LogP contribution in [0, 0.1) is 6.92 Å². The number of hydrogen-bond acceptors (Lipinski definition) is 5. The standard InChI is InChI=1S/C22H31N5O2/c1-3-4-5-8-14-27(22(29)20-17-25-18(2)16-26-20)15-11-21(28)24-13-10-19-9-6-7-12-23-19/h6-7,9,12,16-17H,3-5,8,10-11,13-15H2,1-2H3,(H,24,28). The van der Waals surface area contributed by atoms with Crippen molar-refractivity contribution >= 4 is 11.8 Å². The smallest absolute Gasteiger partial charge is 0.274 e. The Morgan fingerprint density at radius 3 is 2.59 bits per heavy atom. The minimum atomic E-state index is -0.171. The lowest BCUT2D eigenvalue weighted by atomic mass is 10.2. The highest BCUT2D eigenvalue weighted by Crippen LogP contribution is 2.07. The monoisotopic (exact) mass is 397 g/mol. The minimum Gasteiger partial charge on any atom is -0.356 e. The molecule has 1 N–H and O–H groups in total. The van der Waals surface area contributed by atoms with Crippen LogP contribution in [-0.2, 0) is 11.2 Å². The van der Waals surface area contributed by atoms with Crippen molar-refractivity contribution in [2.24, 2.45) is 0 Å². The average molecular weight is 398 g/mol. The molecule has 2 aromatic rings. The van der Waals surface area contributed by atoms with E-state index >= 15 is 0 Å². The van der Waals surface area contributed by atoms with Gasteiger partial charge >= 0.3 is 0 Å². The molecule has 156 valence electrons. The summed E-state index contributed by atoms with van der Waals surface area (Å²) in [6.07, 6.45) is 10.0. The zero-order chi connectivity index (χ0) is 20.9. The second-order valence-corrected chi connectivity index (χ2v) is 7.07. The lowest BCUT2D eigenvalue weighted by Crippen LogP contribution is -2.37. The second kappa shape index (κ2) is 12.6. The van der Waals surface area contributed by atoms with Gasteiger partial charge in [-0.3, -0.25) is 19.6 Å². The van der Waals surface area contributed by atoms with E-state index in [9.17, 15) is 9.59 Å². The van der Waals surface area contributed by atoms with E-state index in [0.717, 1.165) is 37.1 Å². The fraction of sp³-hybridized carbons (Fsp3) is 0.500. The molecule has 0 fully saturated rings. The zero-order valence-electron chi connectivity index (χ0n) is 17.4. The number of rotatable bonds is 12. The van der Waals surface area contributed by atoms with E-state index < -0.39 is 0 Å². The molecule has 2 heterocycles. The van der Waals surface area contributed by atoms with Crippen molar-refractivity contribution in [2.75, 3.05) is 19.6 Å². The average Bonchev–Trinajstić information content (AvgIpc) is 2.74. The van der Waals surface area contributed by atoms with Crippen LogP contribution in [0.5, 0.6) is 0 Å². The van der Waals surface area contributed by atoms with Crippen molar-refractivity contribution in [3.63, 3.8) is 0 Å². The molecule has 2 aromatic heterocycles. The molecule has 0 aliphatic carbocycles. The number of nitrogens with zero attached hydrogens (tertiary/aromatic N) is 4. The van der Waals surface area contributed by atoms with Gasteiger partial charge in [0.15, 0.2) is 0 Å². The molecule has 0 spiro atoms. The molecule has 7 heteroatoms. The maximum atomic E-state index is 12.8. The topological polar surface area (TPSA) is 88.1 Å². The van der Waals surface area contributed by atoms with Crippen LogP contribution in [-0.4, -0.2) is 51.3 Å². The highest BCUT2D eigenvalue weighted by molar-refractivity contribution is 5.92. The number of pyridine rings is 1. The van der Waals surface area contributed by atoms with Crippen LogP contribution in [0.25, 0.3) is 0 Å². The third-order valence-electron chi connectivity index (χ3n) is 4.61. The first-order valence-electron chi connectivity index (χ1n) is 10.3. The largest absolute Gasteiger partial charge is 0.356 e. The number of unbranched alkanes of at least 4 members (excludes halogenated alkanes) is 3. The van der Waals surface area contributed by atoms with Crippen LogP contribution >= 0.6 is 0 Å². The third kappa shape index (κ3) is 8.37. The zero-order valence-corrected chi connectivity index (χ0v) is 17.4. The maximum Gasteiger partial charge on any atom is 0.274 e. The quantitative estimate of drug-likeness (QED) is 0.556. The Morgan fingerprint density at radius 2 is 1.90 bits per heavy atom. The molecular formula is C22H31N5O2. The van der Waals surface area contributed by atoms with E-state index in [1.165, 1.54) is 6.20 Å². The molecule has 0 aromatic carbocycles. The van der Waals surface area contributed by atoms with E-state index in [-0.39, 0.29) is 18.2 Å². The van der Waals surface area contributed by atoms with Crippen LogP contribution in [0.1, 0.15) is 60.9 Å². The Labute approximate surface area is 173 Å². The number of hydrogen-bond donors (Lipinski definition) is 1. The van der Waals surface area contributed by atoms with Gasteiger partial charge in [-0.1, -0.05) is 32.3 Å². The molecule has 0 unspecified atom stereocenters. The fourth-order valence-electron chi connectivity index (χ4n) is 2.91. The molecule has 0 atom stereocenters. The molecular weight excluding hydrogens is 366 g/mol. The van der Waals surface area contributed by atoms with Gasteiger partial charge in [-0.2, -0.15) is 0 Å². The molecule has 2 amide bonds. The molecule has 0 saturated carbocycles. The predicted octanol–water partition coefficient (Wildman–Crippen LogP) is 2.95. The Bertz CT molecular complexity index is 750. The molecule has 0 aliphatic rings. The number of carbonyl (C=O) groups excluding carboxylic acids is 2. The molecule has 0 aliphatic heterocycles. The molecule has 0 bridgehead atoms. The molecule has 2 rings (SSSR count). The van der Waals surface area contributed by atoms with Gasteiger partial charge in [0.1, 0.15) is 5.69 Å². The van der Waals surface area contributed by atoms with Gasteiger partial charge in [-0.15, -0.1) is 0 Å². The van der Waals surface area contributed by atoms with E-state index in [0.29, 0.717) is 31.7 Å². The van der Waals surface area contributed by atoms with E-state index in [2.05, 4.69) is 27.2 Å². The highest BCUT2D eigenvalue weighted by atomic mass is 16.2. The van der Waals surface area contributed by atoms with Gasteiger partial charge in [0.05, 0.1) is 11.9 Å². The number of amides is 2. The van der Waals surface area contributed by atoms with Gasteiger partial charge in [-0.25, -0.2) is 4.98 Å². The summed E-state index contributed by atoms with van der Waals surface area (Å²) in [4.78, 5) is 39.3. The van der Waals surface area contributed by atoms with Crippen molar-refractivity contribution in [2.45, 2.75) is 52.4 Å². The predicted molar refractivity (Wildman–Crippen MR) is 112 cm³/mol. The summed E-state index contributed by atoms with van der Waals surface area (Å²) in [5.74, 6) is -0.238. The minimum absolute atomic E-state index is 0.0673. The summed E-state index contributed by atoms with van der Waals surface area (Å²) in [6.45, 7) is 5.51. The second-order valence-electron chi connectivity index (χ2n) is 7.07. The first kappa shape index (κ1) is 22.5. The van der Waals surface area contributed by atoms with E-state index in [1.807, 2.05) is 25.1 Å². The van der Waals surface area contributed by atoms with E-state index in [4.69, 9.17) is 0 Å². The van der Waals surface area contributed by atoms with Crippen LogP contribution in [0.4, 0.5) is 0 Å². The fourth-order valence-corrected chi connectivity index (χ4v) is 2.91. The summed E-state index contributed by atoms with van der Waals surface area (Å²) in [6, 6.07) is 5.73. The molecule has 0 radical (unpaired) electrons. The molecule has 7 nitrogen and oxygen atoms in total. The normalized spacial score (nSPS) is 10.6. The molecule has 29 heavy (non-hydrogen) atoms. The van der Waals surface area contributed by atoms with Gasteiger partial charge in [0.2, 0.25) is 5.91 Å². The maximum absolute atomic E-state index is 12.8. The Hall–Kier alpha value is -2.83. The van der Waals surface area contributed by atoms with Crippen molar-refractivity contribution in [3.05, 3.63) is 53.9 Å². The number of nitrogens with one attached hydrogen (secondary N) is 1. The van der Waals surface area contributed by atoms with Crippen LogP contribution in [0.3, 0.4) is 0 Å². The lowest BCUT2D eigenvalue weighted by Gasteiger charge is -2.22. The van der Waals surface area contributed by atoms with Gasteiger partial charge in [-0.05, 0) is 25.5 Å². The summed E-state index contributed by atoms with van der Waals surface area (Å²) < 4.78 is 0. The number of aryl methyl sites for hydroxylation is 1. The number of aromatic nitrogens is 3. The Balaban J connectivity index is 1.84. The van der Waals surface area contributed by atoms with Gasteiger partial charge < -0.3 is 10.2 Å². The highest BCUT2D eigenvalue weighted by Gasteiger charge is 2.18. The molecule has 0 saturated heterocycles. The summed E-state index contributed by atoms with van der Waals surface area (Å²) >= 11 is 0. The van der Waals surface area contributed by atoms with Crippen molar-refractivity contribution in [1.29, 1.82) is 0 Å². The third-order valence-corrected chi connectivity index (χ3v) is 4.61. The van der Waals surface area contributed by atoms with Gasteiger partial charge in [0.25, 0.3) is 5.91 Å². The summed E-state index contributed by atoms with van der Waals surface area (Å²) in [5, 5.41) is 2.90.